The Hall–Kier alpha value is -3.65. The lowest BCUT2D eigenvalue weighted by Gasteiger charge is -2.01. The van der Waals surface area contributed by atoms with Crippen LogP contribution in [0.25, 0.3) is 33.5 Å². The maximum atomic E-state index is 12.2. The highest BCUT2D eigenvalue weighted by Crippen LogP contribution is 2.22. The lowest BCUT2D eigenvalue weighted by Crippen LogP contribution is -2.11. The molecule has 0 unspecified atom stereocenters. The van der Waals surface area contributed by atoms with Crippen molar-refractivity contribution in [1.82, 2.24) is 15.0 Å². The molecule has 5 heteroatoms. The van der Waals surface area contributed by atoms with Gasteiger partial charge in [0.05, 0.1) is 16.5 Å². The topological polar surface area (TPSA) is 85.3 Å². The minimum Gasteiger partial charge on any atom is -0.361 e. The first-order valence-corrected chi connectivity index (χ1v) is 7.43. The highest BCUT2D eigenvalue weighted by atomic mass is 16.1. The molecule has 0 saturated heterocycles. The van der Waals surface area contributed by atoms with Crippen LogP contribution >= 0.6 is 0 Å². The number of para-hydroxylation sites is 2. The lowest BCUT2D eigenvalue weighted by atomic mass is 10.1. The molecule has 0 radical (unpaired) electrons. The van der Waals surface area contributed by atoms with Crippen LogP contribution in [0.3, 0.4) is 0 Å². The van der Waals surface area contributed by atoms with Gasteiger partial charge in [-0.25, -0.2) is 4.98 Å². The largest absolute Gasteiger partial charge is 0.361 e. The summed E-state index contributed by atoms with van der Waals surface area (Å²) in [6.45, 7) is 0. The Kier molecular flexibility index (Phi) is 3.22. The zero-order valence-corrected chi connectivity index (χ0v) is 12.6. The van der Waals surface area contributed by atoms with Crippen molar-refractivity contribution in [3.8, 4) is 6.07 Å². The summed E-state index contributed by atoms with van der Waals surface area (Å²) in [5, 5.41) is 11.0. The quantitative estimate of drug-likeness (QED) is 0.556. The van der Waals surface area contributed by atoms with Crippen LogP contribution in [0.5, 0.6) is 0 Å². The Labute approximate surface area is 136 Å². The van der Waals surface area contributed by atoms with E-state index in [0.29, 0.717) is 16.5 Å². The Morgan fingerprint density at radius 3 is 2.67 bits per heavy atom. The van der Waals surface area contributed by atoms with E-state index in [-0.39, 0.29) is 11.4 Å². The van der Waals surface area contributed by atoms with E-state index < -0.39 is 0 Å². The molecular formula is C19H12N4O. The zero-order valence-electron chi connectivity index (χ0n) is 12.6. The van der Waals surface area contributed by atoms with E-state index in [4.69, 9.17) is 0 Å². The number of H-pyrrole nitrogens is 2. The van der Waals surface area contributed by atoms with Gasteiger partial charge in [0.15, 0.2) is 5.82 Å². The maximum absolute atomic E-state index is 12.2. The zero-order chi connectivity index (χ0) is 16.5. The number of rotatable bonds is 2. The number of aromatic amines is 2. The van der Waals surface area contributed by atoms with Gasteiger partial charge in [0.1, 0.15) is 6.07 Å². The minimum absolute atomic E-state index is 0.254. The van der Waals surface area contributed by atoms with Crippen LogP contribution in [0.2, 0.25) is 0 Å². The molecule has 24 heavy (non-hydrogen) atoms. The second kappa shape index (κ2) is 5.52. The van der Waals surface area contributed by atoms with Gasteiger partial charge in [-0.15, -0.1) is 0 Å². The molecule has 114 valence electrons. The first-order valence-electron chi connectivity index (χ1n) is 7.43. The summed E-state index contributed by atoms with van der Waals surface area (Å²) in [7, 11) is 0. The summed E-state index contributed by atoms with van der Waals surface area (Å²) in [6, 6.07) is 17.0. The van der Waals surface area contributed by atoms with Crippen molar-refractivity contribution in [2.75, 3.05) is 0 Å². The molecule has 2 aromatic heterocycles. The van der Waals surface area contributed by atoms with Crippen LogP contribution in [0, 0.1) is 11.3 Å². The Morgan fingerprint density at radius 1 is 1.08 bits per heavy atom. The number of nitriles is 1. The molecule has 4 rings (SSSR count). The predicted molar refractivity (Wildman–Crippen MR) is 94.1 cm³/mol. The molecular weight excluding hydrogens is 300 g/mol. The average Bonchev–Trinajstić information content (AvgIpc) is 3.02. The molecule has 2 heterocycles. The monoisotopic (exact) mass is 312 g/mol. The Bertz CT molecular complexity index is 1190. The second-order valence-corrected chi connectivity index (χ2v) is 5.39. The molecule has 5 nitrogen and oxygen atoms in total. The highest BCUT2D eigenvalue weighted by molar-refractivity contribution is 5.97. The van der Waals surface area contributed by atoms with Crippen LogP contribution in [-0.2, 0) is 0 Å². The Morgan fingerprint density at radius 2 is 1.83 bits per heavy atom. The van der Waals surface area contributed by atoms with Crippen LogP contribution in [0.4, 0.5) is 0 Å². The third kappa shape index (κ3) is 2.27. The van der Waals surface area contributed by atoms with E-state index in [2.05, 4.69) is 21.0 Å². The third-order valence-electron chi connectivity index (χ3n) is 3.91. The van der Waals surface area contributed by atoms with E-state index >= 15 is 0 Å². The summed E-state index contributed by atoms with van der Waals surface area (Å²) >= 11 is 0. The summed E-state index contributed by atoms with van der Waals surface area (Å²) in [6.07, 6.45) is 3.56. The van der Waals surface area contributed by atoms with E-state index in [1.54, 1.807) is 24.3 Å². The summed E-state index contributed by atoms with van der Waals surface area (Å²) in [5.74, 6) is 0.270. The second-order valence-electron chi connectivity index (χ2n) is 5.39. The van der Waals surface area contributed by atoms with Crippen LogP contribution in [0.1, 0.15) is 11.4 Å². The SMILES string of the molecule is N#CC(=Cc1c[nH]c2ccccc12)c1nc2ccccc2c(=O)[nH]1. The van der Waals surface area contributed by atoms with Crippen molar-refractivity contribution in [3.63, 3.8) is 0 Å². The number of nitrogens with zero attached hydrogens (tertiary/aromatic N) is 2. The summed E-state index contributed by atoms with van der Waals surface area (Å²) in [5.41, 5.74) is 2.48. The summed E-state index contributed by atoms with van der Waals surface area (Å²) < 4.78 is 0. The standard InChI is InChI=1S/C19H12N4O/c20-10-12(9-13-11-21-16-7-3-1-5-14(13)16)18-22-17-8-4-2-6-15(17)19(24)23-18/h1-9,11,21H,(H,22,23,24). The minimum atomic E-state index is -0.254. The fourth-order valence-corrected chi connectivity index (χ4v) is 2.74. The van der Waals surface area contributed by atoms with Crippen molar-refractivity contribution in [2.45, 2.75) is 0 Å². The average molecular weight is 312 g/mol. The number of benzene rings is 2. The van der Waals surface area contributed by atoms with Crippen molar-refractivity contribution >= 4 is 33.5 Å². The number of hydrogen-bond acceptors (Lipinski definition) is 3. The van der Waals surface area contributed by atoms with E-state index in [1.807, 2.05) is 36.5 Å². The van der Waals surface area contributed by atoms with Crippen LogP contribution in [0.15, 0.2) is 59.5 Å². The number of nitrogens with one attached hydrogen (secondary N) is 2. The molecule has 4 aromatic rings. The van der Waals surface area contributed by atoms with Crippen LogP contribution < -0.4 is 5.56 Å². The first-order chi connectivity index (χ1) is 11.8. The molecule has 0 aliphatic carbocycles. The van der Waals surface area contributed by atoms with Gasteiger partial charge in [-0.2, -0.15) is 5.26 Å². The third-order valence-corrected chi connectivity index (χ3v) is 3.91. The molecule has 0 aliphatic heterocycles. The molecule has 0 saturated carbocycles. The molecule has 0 atom stereocenters. The van der Waals surface area contributed by atoms with Gasteiger partial charge < -0.3 is 9.97 Å². The smallest absolute Gasteiger partial charge is 0.259 e. The number of aromatic nitrogens is 3. The first kappa shape index (κ1) is 14.0. The molecule has 0 fully saturated rings. The fraction of sp³-hybridized carbons (Fsp3) is 0. The molecule has 2 N–H and O–H groups in total. The number of allylic oxidation sites excluding steroid dienone is 1. The molecule has 0 bridgehead atoms. The van der Waals surface area contributed by atoms with Gasteiger partial charge in [0.25, 0.3) is 5.56 Å². The van der Waals surface area contributed by atoms with Crippen molar-refractivity contribution in [1.29, 1.82) is 5.26 Å². The van der Waals surface area contributed by atoms with E-state index in [1.165, 1.54) is 0 Å². The number of hydrogen-bond donors (Lipinski definition) is 2. The lowest BCUT2D eigenvalue weighted by molar-refractivity contribution is 1.13. The van der Waals surface area contributed by atoms with Crippen molar-refractivity contribution in [3.05, 3.63) is 76.5 Å². The summed E-state index contributed by atoms with van der Waals surface area (Å²) in [4.78, 5) is 22.5. The van der Waals surface area contributed by atoms with Crippen LogP contribution in [-0.4, -0.2) is 15.0 Å². The van der Waals surface area contributed by atoms with Gasteiger partial charge in [-0.1, -0.05) is 30.3 Å². The Balaban J connectivity index is 1.90. The van der Waals surface area contributed by atoms with Gasteiger partial charge in [-0.05, 0) is 24.3 Å². The van der Waals surface area contributed by atoms with E-state index in [9.17, 15) is 10.1 Å². The van der Waals surface area contributed by atoms with Gasteiger partial charge in [0.2, 0.25) is 0 Å². The molecule has 2 aromatic carbocycles. The predicted octanol–water partition coefficient (Wildman–Crippen LogP) is 3.47. The fourth-order valence-electron chi connectivity index (χ4n) is 2.74. The maximum Gasteiger partial charge on any atom is 0.259 e. The molecule has 0 amide bonds. The van der Waals surface area contributed by atoms with Crippen molar-refractivity contribution in [2.24, 2.45) is 0 Å². The molecule has 0 spiro atoms. The molecule has 0 aliphatic rings. The van der Waals surface area contributed by atoms with Gasteiger partial charge >= 0.3 is 0 Å². The van der Waals surface area contributed by atoms with Gasteiger partial charge in [0, 0.05) is 22.7 Å². The van der Waals surface area contributed by atoms with E-state index in [0.717, 1.165) is 16.5 Å². The highest BCUT2D eigenvalue weighted by Gasteiger charge is 2.09. The van der Waals surface area contributed by atoms with Gasteiger partial charge in [-0.3, -0.25) is 4.79 Å². The van der Waals surface area contributed by atoms with Crippen molar-refractivity contribution < 1.29 is 0 Å². The normalized spacial score (nSPS) is 11.7. The number of fused-ring (bicyclic) bond motifs is 2.